The van der Waals surface area contributed by atoms with E-state index in [0.29, 0.717) is 30.9 Å². The molecule has 0 radical (unpaired) electrons. The third-order valence-electron chi connectivity index (χ3n) is 5.91. The van der Waals surface area contributed by atoms with Gasteiger partial charge in [0, 0.05) is 18.8 Å². The Hall–Kier alpha value is -3.44. The first-order chi connectivity index (χ1) is 14.8. The van der Waals surface area contributed by atoms with E-state index < -0.39 is 18.0 Å². The number of aryl methyl sites for hydroxylation is 1. The zero-order valence-electron chi connectivity index (χ0n) is 17.8. The highest BCUT2D eigenvalue weighted by atomic mass is 16.2. The molecule has 1 aromatic heterocycles. The summed E-state index contributed by atoms with van der Waals surface area (Å²) >= 11 is 0. The number of carbonyl (C=O) groups excluding carboxylic acids is 2. The Morgan fingerprint density at radius 3 is 2.61 bits per heavy atom. The molecule has 1 aromatic carbocycles. The summed E-state index contributed by atoms with van der Waals surface area (Å²) in [4.78, 5) is 31.0. The van der Waals surface area contributed by atoms with E-state index in [9.17, 15) is 9.59 Å². The summed E-state index contributed by atoms with van der Waals surface area (Å²) in [6.07, 6.45) is 1.37. The number of nitrogens with one attached hydrogen (secondary N) is 1. The predicted octanol–water partition coefficient (Wildman–Crippen LogP) is 1.27. The highest BCUT2D eigenvalue weighted by Crippen LogP contribution is 2.28. The number of nitrogen functional groups attached to an aromatic ring is 1. The van der Waals surface area contributed by atoms with E-state index in [0.717, 1.165) is 23.2 Å². The smallest absolute Gasteiger partial charge is 0.237 e. The molecule has 5 N–H and O–H groups in total. The second kappa shape index (κ2) is 9.58. The van der Waals surface area contributed by atoms with Crippen molar-refractivity contribution in [1.82, 2.24) is 15.2 Å². The third-order valence-corrected chi connectivity index (χ3v) is 5.91. The van der Waals surface area contributed by atoms with Crippen LogP contribution in [0.25, 0.3) is 0 Å². The number of rotatable bonds is 7. The van der Waals surface area contributed by atoms with E-state index in [-0.39, 0.29) is 11.8 Å². The summed E-state index contributed by atoms with van der Waals surface area (Å²) in [5, 5.41) is 11.9. The Kier molecular flexibility index (Phi) is 6.88. The fourth-order valence-electron chi connectivity index (χ4n) is 4.13. The second-order valence-electron chi connectivity index (χ2n) is 8.10. The van der Waals surface area contributed by atoms with Gasteiger partial charge in [0.2, 0.25) is 11.8 Å². The van der Waals surface area contributed by atoms with Crippen LogP contribution in [0.4, 0.5) is 5.82 Å². The van der Waals surface area contributed by atoms with Gasteiger partial charge in [-0.2, -0.15) is 5.26 Å². The molecule has 0 saturated carbocycles. The Morgan fingerprint density at radius 2 is 2.00 bits per heavy atom. The van der Waals surface area contributed by atoms with Crippen LogP contribution in [0.2, 0.25) is 0 Å². The molecule has 1 fully saturated rings. The molecule has 162 valence electrons. The minimum absolute atomic E-state index is 0.165. The minimum Gasteiger partial charge on any atom is -0.384 e. The van der Waals surface area contributed by atoms with Crippen LogP contribution in [-0.4, -0.2) is 40.3 Å². The zero-order chi connectivity index (χ0) is 22.5. The van der Waals surface area contributed by atoms with E-state index in [1.807, 2.05) is 30.0 Å². The van der Waals surface area contributed by atoms with Gasteiger partial charge < -0.3 is 16.8 Å². The number of carbonyl (C=O) groups is 2. The van der Waals surface area contributed by atoms with Crippen molar-refractivity contribution in [3.05, 3.63) is 58.8 Å². The van der Waals surface area contributed by atoms with Gasteiger partial charge in [0.25, 0.3) is 0 Å². The lowest BCUT2D eigenvalue weighted by atomic mass is 9.96. The van der Waals surface area contributed by atoms with E-state index >= 15 is 0 Å². The lowest BCUT2D eigenvalue weighted by Gasteiger charge is -2.28. The lowest BCUT2D eigenvalue weighted by molar-refractivity contribution is -0.129. The highest BCUT2D eigenvalue weighted by Gasteiger charge is 2.40. The maximum atomic E-state index is 12.8. The summed E-state index contributed by atoms with van der Waals surface area (Å²) in [6.45, 7) is 4.58. The normalized spacial score (nSPS) is 19.5. The predicted molar refractivity (Wildman–Crippen MR) is 117 cm³/mol. The molecular weight excluding hydrogens is 392 g/mol. The number of primary amides is 1. The largest absolute Gasteiger partial charge is 0.384 e. The van der Waals surface area contributed by atoms with Gasteiger partial charge in [-0.1, -0.05) is 18.2 Å². The summed E-state index contributed by atoms with van der Waals surface area (Å²) < 4.78 is 0. The molecule has 1 aliphatic rings. The van der Waals surface area contributed by atoms with E-state index in [2.05, 4.69) is 16.4 Å². The van der Waals surface area contributed by atoms with Crippen LogP contribution >= 0.6 is 0 Å². The third kappa shape index (κ3) is 5.38. The van der Waals surface area contributed by atoms with Crippen molar-refractivity contribution in [2.75, 3.05) is 12.3 Å². The van der Waals surface area contributed by atoms with Crippen LogP contribution in [-0.2, 0) is 22.6 Å². The fraction of sp³-hybridized carbons (Fsp3) is 0.391. The monoisotopic (exact) mass is 420 g/mol. The van der Waals surface area contributed by atoms with Crippen molar-refractivity contribution < 1.29 is 9.59 Å². The standard InChI is InChI=1S/C23H28N6O2/c1-14-19(7-8-21(25)28-14)12-27-23(31)15(2)29-13-18(10-20(29)22(26)30)9-16-3-5-17(11-24)6-4-16/h3-8,15,18,20H,9-10,12-13H2,1-2H3,(H2,25,28)(H2,26,30)(H,27,31)/t15-,18?,20?/m0/s1. The maximum absolute atomic E-state index is 12.8. The van der Waals surface area contributed by atoms with Crippen molar-refractivity contribution in [2.24, 2.45) is 11.7 Å². The fourth-order valence-corrected chi connectivity index (χ4v) is 4.13. The van der Waals surface area contributed by atoms with Crippen LogP contribution in [0.1, 0.15) is 35.7 Å². The molecule has 1 saturated heterocycles. The average Bonchev–Trinajstić information content (AvgIpc) is 3.17. The molecule has 31 heavy (non-hydrogen) atoms. The molecule has 8 nitrogen and oxygen atoms in total. The Morgan fingerprint density at radius 1 is 1.29 bits per heavy atom. The number of nitrogens with two attached hydrogens (primary N) is 2. The first-order valence-corrected chi connectivity index (χ1v) is 10.3. The van der Waals surface area contributed by atoms with Crippen LogP contribution in [0, 0.1) is 24.2 Å². The summed E-state index contributed by atoms with van der Waals surface area (Å²) in [5.74, 6) is 0.0573. The number of pyridine rings is 1. The van der Waals surface area contributed by atoms with Crippen molar-refractivity contribution >= 4 is 17.6 Å². The molecule has 8 heteroatoms. The quantitative estimate of drug-likeness (QED) is 0.616. The molecule has 0 spiro atoms. The van der Waals surface area contributed by atoms with E-state index in [4.69, 9.17) is 16.7 Å². The van der Waals surface area contributed by atoms with Gasteiger partial charge in [0.05, 0.1) is 23.7 Å². The topological polar surface area (TPSA) is 138 Å². The van der Waals surface area contributed by atoms with Crippen molar-refractivity contribution in [3.63, 3.8) is 0 Å². The van der Waals surface area contributed by atoms with Gasteiger partial charge in [-0.3, -0.25) is 14.5 Å². The van der Waals surface area contributed by atoms with Crippen LogP contribution in [0.15, 0.2) is 36.4 Å². The molecule has 2 heterocycles. The second-order valence-corrected chi connectivity index (χ2v) is 8.10. The number of nitriles is 1. The molecule has 0 bridgehead atoms. The Balaban J connectivity index is 1.63. The molecule has 2 aromatic rings. The van der Waals surface area contributed by atoms with Crippen LogP contribution in [0.3, 0.4) is 0 Å². The molecule has 1 aliphatic heterocycles. The number of aromatic nitrogens is 1. The summed E-state index contributed by atoms with van der Waals surface area (Å²) in [6, 6.07) is 12.1. The van der Waals surface area contributed by atoms with Crippen molar-refractivity contribution in [3.8, 4) is 6.07 Å². The van der Waals surface area contributed by atoms with Gasteiger partial charge in [0.15, 0.2) is 0 Å². The number of amides is 2. The van der Waals surface area contributed by atoms with Crippen LogP contribution < -0.4 is 16.8 Å². The lowest BCUT2D eigenvalue weighted by Crippen LogP contribution is -2.51. The molecule has 3 rings (SSSR count). The van der Waals surface area contributed by atoms with Crippen LogP contribution in [0.5, 0.6) is 0 Å². The van der Waals surface area contributed by atoms with E-state index in [1.54, 1.807) is 25.1 Å². The van der Waals surface area contributed by atoms with Gasteiger partial charge in [0.1, 0.15) is 5.82 Å². The number of anilines is 1. The van der Waals surface area contributed by atoms with Gasteiger partial charge in [-0.15, -0.1) is 0 Å². The van der Waals surface area contributed by atoms with E-state index in [1.165, 1.54) is 0 Å². The molecule has 3 atom stereocenters. The highest BCUT2D eigenvalue weighted by molar-refractivity contribution is 5.84. The number of nitrogens with zero attached hydrogens (tertiary/aromatic N) is 3. The molecule has 2 unspecified atom stereocenters. The van der Waals surface area contributed by atoms with Crippen molar-refractivity contribution in [2.45, 2.75) is 45.3 Å². The first-order valence-electron chi connectivity index (χ1n) is 10.3. The Labute approximate surface area is 182 Å². The van der Waals surface area contributed by atoms with Gasteiger partial charge >= 0.3 is 0 Å². The first kappa shape index (κ1) is 22.2. The summed E-state index contributed by atoms with van der Waals surface area (Å²) in [7, 11) is 0. The summed E-state index contributed by atoms with van der Waals surface area (Å²) in [5.41, 5.74) is 14.7. The number of hydrogen-bond acceptors (Lipinski definition) is 6. The van der Waals surface area contributed by atoms with Gasteiger partial charge in [-0.25, -0.2) is 4.98 Å². The number of benzene rings is 1. The maximum Gasteiger partial charge on any atom is 0.237 e. The minimum atomic E-state index is -0.495. The molecule has 2 amide bonds. The molecule has 0 aliphatic carbocycles. The van der Waals surface area contributed by atoms with Gasteiger partial charge in [-0.05, 0) is 61.9 Å². The molecular formula is C23H28N6O2. The van der Waals surface area contributed by atoms with Crippen molar-refractivity contribution in [1.29, 1.82) is 5.26 Å². The average molecular weight is 421 g/mol. The zero-order valence-corrected chi connectivity index (χ0v) is 17.8. The Bertz CT molecular complexity index is 998. The number of hydrogen-bond donors (Lipinski definition) is 3. The number of likely N-dealkylation sites (tertiary alicyclic amines) is 1. The SMILES string of the molecule is Cc1nc(N)ccc1CNC(=O)[C@H](C)N1CC(Cc2ccc(C#N)cc2)CC1C(N)=O.